The van der Waals surface area contributed by atoms with Gasteiger partial charge < -0.3 is 14.7 Å². The lowest BCUT2D eigenvalue weighted by molar-refractivity contribution is -0.0285. The summed E-state index contributed by atoms with van der Waals surface area (Å²) in [6, 6.07) is 10.5. The maximum absolute atomic E-state index is 9.43. The highest BCUT2D eigenvalue weighted by atomic mass is 16.5. The average molecular weight is 433 g/mol. The van der Waals surface area contributed by atoms with E-state index in [1.54, 1.807) is 0 Å². The first-order valence-electron chi connectivity index (χ1n) is 11.7. The second-order valence-electron chi connectivity index (χ2n) is 8.88. The van der Waals surface area contributed by atoms with E-state index in [9.17, 15) is 15.6 Å². The van der Waals surface area contributed by atoms with Crippen molar-refractivity contribution in [3.63, 3.8) is 0 Å². The SMILES string of the molecule is N#CC1=C2CCOC(CN3CCN(CCc4cccc(C#N)c4CCO)CC3)C2CC=C1. The van der Waals surface area contributed by atoms with Crippen LogP contribution in [0.3, 0.4) is 0 Å². The van der Waals surface area contributed by atoms with Crippen molar-refractivity contribution in [3.8, 4) is 12.1 Å². The average Bonchev–Trinajstić information content (AvgIpc) is 2.84. The molecule has 0 amide bonds. The predicted molar refractivity (Wildman–Crippen MR) is 123 cm³/mol. The highest BCUT2D eigenvalue weighted by molar-refractivity contribution is 5.44. The van der Waals surface area contributed by atoms with Crippen LogP contribution in [0.5, 0.6) is 0 Å². The molecule has 1 N–H and O–H groups in total. The molecular formula is C26H32N4O2. The van der Waals surface area contributed by atoms with Crippen molar-refractivity contribution in [2.24, 2.45) is 5.92 Å². The number of aliphatic hydroxyl groups excluding tert-OH is 1. The number of nitriles is 2. The van der Waals surface area contributed by atoms with Crippen molar-refractivity contribution in [1.82, 2.24) is 9.80 Å². The molecule has 1 aromatic carbocycles. The van der Waals surface area contributed by atoms with Gasteiger partial charge in [-0.1, -0.05) is 18.2 Å². The van der Waals surface area contributed by atoms with E-state index in [1.807, 2.05) is 18.2 Å². The van der Waals surface area contributed by atoms with Crippen LogP contribution in [0.2, 0.25) is 0 Å². The van der Waals surface area contributed by atoms with E-state index >= 15 is 0 Å². The third kappa shape index (κ3) is 5.11. The minimum atomic E-state index is 0.0666. The standard InChI is InChI=1S/C26H32N4O2/c27-17-21-4-1-3-20(23(21)8-15-31)7-10-29-11-13-30(14-12-29)19-26-25-6-2-5-22(18-28)24(25)9-16-32-26/h1-5,25-26,31H,6-16,19H2. The van der Waals surface area contributed by atoms with Crippen molar-refractivity contribution in [2.45, 2.75) is 31.8 Å². The van der Waals surface area contributed by atoms with Crippen LogP contribution in [0.15, 0.2) is 41.5 Å². The van der Waals surface area contributed by atoms with Gasteiger partial charge >= 0.3 is 0 Å². The molecule has 32 heavy (non-hydrogen) atoms. The maximum Gasteiger partial charge on any atom is 0.0994 e. The molecule has 6 nitrogen and oxygen atoms in total. The van der Waals surface area contributed by atoms with Crippen LogP contribution >= 0.6 is 0 Å². The number of hydrogen-bond donors (Lipinski definition) is 1. The molecule has 3 aliphatic rings. The molecule has 0 aromatic heterocycles. The number of fused-ring (bicyclic) bond motifs is 1. The molecule has 2 atom stereocenters. The number of allylic oxidation sites excluding steroid dienone is 3. The molecule has 2 unspecified atom stereocenters. The van der Waals surface area contributed by atoms with E-state index in [0.717, 1.165) is 69.7 Å². The number of hydrogen-bond acceptors (Lipinski definition) is 6. The molecule has 168 valence electrons. The van der Waals surface area contributed by atoms with Gasteiger partial charge in [-0.15, -0.1) is 0 Å². The summed E-state index contributed by atoms with van der Waals surface area (Å²) in [5.41, 5.74) is 4.99. The Labute approximate surface area is 191 Å². The molecule has 4 rings (SSSR count). The number of benzene rings is 1. The first-order chi connectivity index (χ1) is 15.7. The minimum Gasteiger partial charge on any atom is -0.396 e. The first kappa shape index (κ1) is 22.7. The molecule has 0 bridgehead atoms. The molecule has 1 aromatic rings. The zero-order valence-electron chi connectivity index (χ0n) is 18.7. The third-order valence-electron chi connectivity index (χ3n) is 7.10. The molecule has 2 fully saturated rings. The highest BCUT2D eigenvalue weighted by Crippen LogP contribution is 2.35. The lowest BCUT2D eigenvalue weighted by Crippen LogP contribution is -2.51. The summed E-state index contributed by atoms with van der Waals surface area (Å²) in [6.07, 6.45) is 7.57. The number of ether oxygens (including phenoxy) is 1. The molecule has 1 aliphatic carbocycles. The van der Waals surface area contributed by atoms with Gasteiger partial charge in [0, 0.05) is 51.8 Å². The van der Waals surface area contributed by atoms with Crippen LogP contribution in [-0.2, 0) is 17.6 Å². The summed E-state index contributed by atoms with van der Waals surface area (Å²) in [5, 5.41) is 28.2. The summed E-state index contributed by atoms with van der Waals surface area (Å²) >= 11 is 0. The van der Waals surface area contributed by atoms with Gasteiger partial charge in [0.25, 0.3) is 0 Å². The van der Waals surface area contributed by atoms with Gasteiger partial charge in [0.05, 0.1) is 36.0 Å². The molecule has 6 heteroatoms. The van der Waals surface area contributed by atoms with Gasteiger partial charge in [0.15, 0.2) is 0 Å². The Bertz CT molecular complexity index is 948. The van der Waals surface area contributed by atoms with Gasteiger partial charge in [0.1, 0.15) is 0 Å². The Kier molecular flexibility index (Phi) is 7.73. The van der Waals surface area contributed by atoms with Gasteiger partial charge in [-0.2, -0.15) is 10.5 Å². The lowest BCUT2D eigenvalue weighted by Gasteiger charge is -2.41. The number of nitrogens with zero attached hydrogens (tertiary/aromatic N) is 4. The van der Waals surface area contributed by atoms with E-state index in [1.165, 1.54) is 11.1 Å². The Hall–Kier alpha value is -2.48. The minimum absolute atomic E-state index is 0.0666. The summed E-state index contributed by atoms with van der Waals surface area (Å²) in [5.74, 6) is 0.346. The van der Waals surface area contributed by atoms with Gasteiger partial charge in [0.2, 0.25) is 0 Å². The maximum atomic E-state index is 9.43. The molecule has 2 aliphatic heterocycles. The predicted octanol–water partition coefficient (Wildman–Crippen LogP) is 2.44. The second kappa shape index (κ2) is 10.9. The van der Waals surface area contributed by atoms with Crippen molar-refractivity contribution < 1.29 is 9.84 Å². The van der Waals surface area contributed by atoms with Crippen LogP contribution in [0.25, 0.3) is 0 Å². The largest absolute Gasteiger partial charge is 0.396 e. The molecule has 0 spiro atoms. The van der Waals surface area contributed by atoms with Crippen LogP contribution in [0.4, 0.5) is 0 Å². The number of rotatable bonds is 7. The van der Waals surface area contributed by atoms with Crippen molar-refractivity contribution in [2.75, 3.05) is 52.5 Å². The third-order valence-corrected chi connectivity index (χ3v) is 7.10. The fourth-order valence-electron chi connectivity index (χ4n) is 5.31. The van der Waals surface area contributed by atoms with Crippen LogP contribution in [-0.4, -0.2) is 73.5 Å². The Morgan fingerprint density at radius 2 is 1.88 bits per heavy atom. The van der Waals surface area contributed by atoms with Gasteiger partial charge in [-0.25, -0.2) is 0 Å². The number of piperazine rings is 1. The zero-order chi connectivity index (χ0) is 22.3. The van der Waals surface area contributed by atoms with Crippen LogP contribution in [0, 0.1) is 28.6 Å². The van der Waals surface area contributed by atoms with Gasteiger partial charge in [-0.3, -0.25) is 4.90 Å². The molecule has 0 radical (unpaired) electrons. The molecule has 2 saturated heterocycles. The van der Waals surface area contributed by atoms with Crippen LogP contribution in [0.1, 0.15) is 29.5 Å². The van der Waals surface area contributed by atoms with Gasteiger partial charge in [-0.05, 0) is 54.5 Å². The number of aliphatic hydroxyl groups is 1. The van der Waals surface area contributed by atoms with Crippen molar-refractivity contribution in [3.05, 3.63) is 58.2 Å². The molecule has 2 heterocycles. The smallest absolute Gasteiger partial charge is 0.0994 e. The Morgan fingerprint density at radius 1 is 1.06 bits per heavy atom. The van der Waals surface area contributed by atoms with E-state index in [-0.39, 0.29) is 12.7 Å². The van der Waals surface area contributed by atoms with E-state index in [0.29, 0.717) is 24.5 Å². The second-order valence-corrected chi connectivity index (χ2v) is 8.88. The highest BCUT2D eigenvalue weighted by Gasteiger charge is 2.34. The zero-order valence-corrected chi connectivity index (χ0v) is 18.7. The van der Waals surface area contributed by atoms with Crippen LogP contribution < -0.4 is 0 Å². The summed E-state index contributed by atoms with van der Waals surface area (Å²) in [7, 11) is 0. The summed E-state index contributed by atoms with van der Waals surface area (Å²) in [6.45, 7) is 6.77. The molecule has 0 saturated carbocycles. The fourth-order valence-corrected chi connectivity index (χ4v) is 5.31. The summed E-state index contributed by atoms with van der Waals surface area (Å²) < 4.78 is 6.15. The molecular weight excluding hydrogens is 400 g/mol. The van der Waals surface area contributed by atoms with E-state index in [2.05, 4.69) is 34.1 Å². The lowest BCUT2D eigenvalue weighted by atomic mass is 9.80. The monoisotopic (exact) mass is 432 g/mol. The Morgan fingerprint density at radius 3 is 2.62 bits per heavy atom. The summed E-state index contributed by atoms with van der Waals surface area (Å²) in [4.78, 5) is 4.99. The topological polar surface area (TPSA) is 83.5 Å². The van der Waals surface area contributed by atoms with E-state index < -0.39 is 0 Å². The quantitative estimate of drug-likeness (QED) is 0.713. The van der Waals surface area contributed by atoms with E-state index in [4.69, 9.17) is 4.74 Å². The van der Waals surface area contributed by atoms with Crippen molar-refractivity contribution >= 4 is 0 Å². The Balaban J connectivity index is 1.28. The van der Waals surface area contributed by atoms with Crippen molar-refractivity contribution in [1.29, 1.82) is 10.5 Å². The first-order valence-corrected chi connectivity index (χ1v) is 11.7. The normalized spacial score (nSPS) is 24.1. The fraction of sp³-hybridized carbons (Fsp3) is 0.538.